The van der Waals surface area contributed by atoms with Crippen molar-refractivity contribution in [2.45, 2.75) is 44.5 Å². The van der Waals surface area contributed by atoms with Crippen LogP contribution in [0.3, 0.4) is 0 Å². The van der Waals surface area contributed by atoms with E-state index < -0.39 is 6.61 Å². The first-order chi connectivity index (χ1) is 20.4. The number of piperazine rings is 2. The summed E-state index contributed by atoms with van der Waals surface area (Å²) >= 11 is 0. The summed E-state index contributed by atoms with van der Waals surface area (Å²) in [5.74, 6) is 0.711. The second-order valence-electron chi connectivity index (χ2n) is 11.1. The van der Waals surface area contributed by atoms with Crippen LogP contribution in [0, 0.1) is 0 Å². The van der Waals surface area contributed by atoms with Crippen molar-refractivity contribution in [2.75, 3.05) is 53.6 Å². The Labute approximate surface area is 247 Å². The molecule has 2 saturated heterocycles. The summed E-state index contributed by atoms with van der Waals surface area (Å²) in [7, 11) is 3.18. The van der Waals surface area contributed by atoms with E-state index in [-0.39, 0.29) is 36.0 Å². The molecule has 2 aliphatic heterocycles. The van der Waals surface area contributed by atoms with Crippen LogP contribution in [0.25, 0.3) is 0 Å². The van der Waals surface area contributed by atoms with Crippen LogP contribution in [0.2, 0.25) is 0 Å². The van der Waals surface area contributed by atoms with E-state index in [0.29, 0.717) is 31.4 Å². The number of hydrogen-bond donors (Lipinski definition) is 1. The molecule has 2 fully saturated rings. The van der Waals surface area contributed by atoms with Crippen molar-refractivity contribution in [1.82, 2.24) is 24.7 Å². The number of amides is 1. The SMILES string of the molecule is COc1nc(OC(C)C)nc(OC)c1CN1C[C@@H]2CN(C(=O)CO)CCN2[C@H](C(c2ccccc2)c2ccccc2)C1. The highest BCUT2D eigenvalue weighted by atomic mass is 16.5. The Morgan fingerprint density at radius 2 is 1.50 bits per heavy atom. The lowest BCUT2D eigenvalue weighted by Crippen LogP contribution is -2.67. The van der Waals surface area contributed by atoms with E-state index in [1.807, 2.05) is 26.0 Å². The van der Waals surface area contributed by atoms with Crippen LogP contribution in [-0.2, 0) is 11.3 Å². The Balaban J connectivity index is 1.53. The normalized spacial score (nSPS) is 19.5. The number of methoxy groups -OCH3 is 2. The Hall–Kier alpha value is -3.73. The van der Waals surface area contributed by atoms with Gasteiger partial charge >= 0.3 is 6.01 Å². The van der Waals surface area contributed by atoms with Gasteiger partial charge in [0.25, 0.3) is 0 Å². The Morgan fingerprint density at radius 3 is 2.02 bits per heavy atom. The van der Waals surface area contributed by atoms with Crippen molar-refractivity contribution in [3.8, 4) is 17.8 Å². The van der Waals surface area contributed by atoms with Crippen LogP contribution in [0.4, 0.5) is 0 Å². The number of carbonyl (C=O) groups is 1. The maximum Gasteiger partial charge on any atom is 0.323 e. The lowest BCUT2D eigenvalue weighted by atomic mass is 9.81. The highest BCUT2D eigenvalue weighted by Crippen LogP contribution is 2.37. The standard InChI is InChI=1S/C32H41N5O5/c1-22(2)42-32-33-30(40-3)26(31(34-32)41-4)19-35-17-25-18-36(28(39)21-38)15-16-37(25)27(20-35)29(23-11-7-5-8-12-23)24-13-9-6-10-14-24/h5-14,22,25,27,29,38H,15-21H2,1-4H3/t25-,27+/m1/s1. The molecule has 2 aromatic carbocycles. The van der Waals surface area contributed by atoms with Crippen LogP contribution >= 0.6 is 0 Å². The fraction of sp³-hybridized carbons (Fsp3) is 0.469. The number of nitrogens with zero attached hydrogens (tertiary/aromatic N) is 5. The third kappa shape index (κ3) is 6.51. The van der Waals surface area contributed by atoms with E-state index in [4.69, 9.17) is 14.2 Å². The minimum atomic E-state index is -0.479. The molecule has 2 aliphatic rings. The number of ether oxygens (including phenoxy) is 3. The van der Waals surface area contributed by atoms with Gasteiger partial charge in [-0.25, -0.2) is 0 Å². The third-order valence-corrected chi connectivity index (χ3v) is 8.08. The van der Waals surface area contributed by atoms with Crippen molar-refractivity contribution in [1.29, 1.82) is 0 Å². The number of aliphatic hydroxyl groups excluding tert-OH is 1. The molecule has 5 rings (SSSR count). The number of aromatic nitrogens is 2. The molecule has 224 valence electrons. The maximum absolute atomic E-state index is 12.5. The van der Waals surface area contributed by atoms with Crippen molar-refractivity contribution in [3.63, 3.8) is 0 Å². The first-order valence-corrected chi connectivity index (χ1v) is 14.5. The van der Waals surface area contributed by atoms with Crippen molar-refractivity contribution in [3.05, 3.63) is 77.4 Å². The van der Waals surface area contributed by atoms with Gasteiger partial charge in [-0.15, -0.1) is 0 Å². The number of carbonyl (C=O) groups excluding carboxylic acids is 1. The fourth-order valence-corrected chi connectivity index (χ4v) is 6.31. The molecule has 42 heavy (non-hydrogen) atoms. The van der Waals surface area contributed by atoms with E-state index in [0.717, 1.165) is 25.2 Å². The molecule has 1 N–H and O–H groups in total. The smallest absolute Gasteiger partial charge is 0.323 e. The first-order valence-electron chi connectivity index (χ1n) is 14.5. The van der Waals surface area contributed by atoms with E-state index >= 15 is 0 Å². The summed E-state index contributed by atoms with van der Waals surface area (Å²) in [6, 6.07) is 21.7. The van der Waals surface area contributed by atoms with Crippen LogP contribution in [0.5, 0.6) is 17.8 Å². The number of rotatable bonds is 10. The molecule has 0 aliphatic carbocycles. The minimum Gasteiger partial charge on any atom is -0.481 e. The number of hydrogen-bond acceptors (Lipinski definition) is 9. The summed E-state index contributed by atoms with van der Waals surface area (Å²) in [6.45, 7) is 7.23. The maximum atomic E-state index is 12.5. The van der Waals surface area contributed by atoms with Crippen molar-refractivity contribution >= 4 is 5.91 Å². The molecule has 1 amide bonds. The zero-order valence-electron chi connectivity index (χ0n) is 24.8. The van der Waals surface area contributed by atoms with E-state index in [1.54, 1.807) is 19.1 Å². The topological polar surface area (TPSA) is 100 Å². The molecule has 0 spiro atoms. The lowest BCUT2D eigenvalue weighted by molar-refractivity contribution is -0.139. The molecule has 0 bridgehead atoms. The first kappa shape index (κ1) is 29.8. The van der Waals surface area contributed by atoms with Crippen LogP contribution < -0.4 is 14.2 Å². The number of aliphatic hydroxyl groups is 1. The molecule has 0 unspecified atom stereocenters. The monoisotopic (exact) mass is 575 g/mol. The number of benzene rings is 2. The molecular weight excluding hydrogens is 534 g/mol. The van der Waals surface area contributed by atoms with Crippen molar-refractivity contribution in [2.24, 2.45) is 0 Å². The second kappa shape index (κ2) is 13.5. The molecule has 10 nitrogen and oxygen atoms in total. The van der Waals surface area contributed by atoms with Gasteiger partial charge in [-0.1, -0.05) is 60.7 Å². The molecule has 0 saturated carbocycles. The van der Waals surface area contributed by atoms with E-state index in [1.165, 1.54) is 11.1 Å². The predicted molar refractivity (Wildman–Crippen MR) is 159 cm³/mol. The van der Waals surface area contributed by atoms with Crippen LogP contribution in [0.1, 0.15) is 36.5 Å². The van der Waals surface area contributed by atoms with Gasteiger partial charge in [0.15, 0.2) is 0 Å². The predicted octanol–water partition coefficient (Wildman–Crippen LogP) is 2.80. The average molecular weight is 576 g/mol. The Morgan fingerprint density at radius 1 is 0.905 bits per heavy atom. The number of fused-ring (bicyclic) bond motifs is 1. The lowest BCUT2D eigenvalue weighted by Gasteiger charge is -2.53. The highest BCUT2D eigenvalue weighted by Gasteiger charge is 2.43. The van der Waals surface area contributed by atoms with Gasteiger partial charge in [0, 0.05) is 57.3 Å². The highest BCUT2D eigenvalue weighted by molar-refractivity contribution is 5.77. The second-order valence-corrected chi connectivity index (χ2v) is 11.1. The summed E-state index contributed by atoms with van der Waals surface area (Å²) in [6.07, 6.45) is -0.0946. The molecule has 10 heteroatoms. The van der Waals surface area contributed by atoms with Gasteiger partial charge in [-0.2, -0.15) is 9.97 Å². The van der Waals surface area contributed by atoms with Gasteiger partial charge in [0.05, 0.1) is 25.9 Å². The van der Waals surface area contributed by atoms with Gasteiger partial charge in [0.2, 0.25) is 17.7 Å². The molecule has 2 atom stereocenters. The van der Waals surface area contributed by atoms with E-state index in [2.05, 4.69) is 68.3 Å². The Bertz CT molecular complexity index is 1260. The summed E-state index contributed by atoms with van der Waals surface area (Å²) < 4.78 is 17.2. The van der Waals surface area contributed by atoms with Crippen molar-refractivity contribution < 1.29 is 24.1 Å². The fourth-order valence-electron chi connectivity index (χ4n) is 6.31. The summed E-state index contributed by atoms with van der Waals surface area (Å²) in [5.41, 5.74) is 3.24. The minimum absolute atomic E-state index is 0.0735. The Kier molecular flexibility index (Phi) is 9.56. The summed E-state index contributed by atoms with van der Waals surface area (Å²) in [4.78, 5) is 28.3. The van der Waals surface area contributed by atoms with Gasteiger partial charge in [0.1, 0.15) is 6.61 Å². The molecule has 0 radical (unpaired) electrons. The molecule has 1 aromatic heterocycles. The quantitative estimate of drug-likeness (QED) is 0.391. The summed E-state index contributed by atoms with van der Waals surface area (Å²) in [5, 5.41) is 9.59. The zero-order chi connectivity index (χ0) is 29.6. The van der Waals surface area contributed by atoms with Gasteiger partial charge in [-0.3, -0.25) is 14.6 Å². The molecule has 3 heterocycles. The van der Waals surface area contributed by atoms with Crippen LogP contribution in [-0.4, -0.2) is 107 Å². The average Bonchev–Trinajstić information content (AvgIpc) is 3.01. The molecular formula is C32H41N5O5. The van der Waals surface area contributed by atoms with Gasteiger partial charge < -0.3 is 24.2 Å². The zero-order valence-corrected chi connectivity index (χ0v) is 24.8. The van der Waals surface area contributed by atoms with Gasteiger partial charge in [-0.05, 0) is 25.0 Å². The largest absolute Gasteiger partial charge is 0.481 e. The molecule has 3 aromatic rings. The third-order valence-electron chi connectivity index (χ3n) is 8.08. The van der Waals surface area contributed by atoms with E-state index in [9.17, 15) is 9.90 Å². The van der Waals surface area contributed by atoms with Crippen LogP contribution in [0.15, 0.2) is 60.7 Å².